The summed E-state index contributed by atoms with van der Waals surface area (Å²) < 4.78 is 0. The molecule has 4 radical (unpaired) electrons. The lowest BCUT2D eigenvalue weighted by atomic mass is 9.39. The van der Waals surface area contributed by atoms with E-state index in [4.69, 9.17) is 15.7 Å². The third kappa shape index (κ3) is 2.84. The third-order valence-corrected chi connectivity index (χ3v) is 6.63. The van der Waals surface area contributed by atoms with Crippen LogP contribution >= 0.6 is 0 Å². The van der Waals surface area contributed by atoms with Gasteiger partial charge in [-0.1, -0.05) is 71.4 Å². The monoisotopic (exact) mass is 345 g/mol. The molecule has 0 N–H and O–H groups in total. The van der Waals surface area contributed by atoms with Crippen LogP contribution in [0, 0.1) is 17.8 Å². The number of nitrogens with zero attached hydrogens (tertiary/aromatic N) is 1. The smallest absolute Gasteiger partial charge is 0.0702 e. The van der Waals surface area contributed by atoms with Crippen molar-refractivity contribution in [1.82, 2.24) is 4.98 Å². The number of fused-ring (bicyclic) bond motifs is 1. The minimum atomic E-state index is -0.710. The predicted molar refractivity (Wildman–Crippen MR) is 113 cm³/mol. The molecule has 1 aromatic heterocycles. The quantitative estimate of drug-likeness (QED) is 0.610. The van der Waals surface area contributed by atoms with E-state index in [1.54, 1.807) is 0 Å². The van der Waals surface area contributed by atoms with Gasteiger partial charge in [-0.15, -0.1) is 0 Å². The van der Waals surface area contributed by atoms with E-state index in [2.05, 4.69) is 53.5 Å². The van der Waals surface area contributed by atoms with Crippen LogP contribution in [0.2, 0.25) is 0 Å². The maximum absolute atomic E-state index is 6.60. The highest BCUT2D eigenvalue weighted by atomic mass is 14.7. The Labute approximate surface area is 164 Å². The van der Waals surface area contributed by atoms with Crippen LogP contribution < -0.4 is 0 Å². The summed E-state index contributed by atoms with van der Waals surface area (Å²) >= 11 is 0. The first kappa shape index (κ1) is 16.9. The standard InChI is InChI=1S/C24H21B2N/c25-24(26,23-18-6-7-19(23)14-18)21-11-8-16(9-12-21)20-10-13-22(27-15-20)17-4-2-1-3-5-17/h1-5,8-13,15,18-19,23H,6-7,14H2. The molecule has 2 atom stereocenters. The molecule has 0 aliphatic heterocycles. The molecule has 128 valence electrons. The molecule has 2 bridgehead atoms. The third-order valence-electron chi connectivity index (χ3n) is 6.63. The summed E-state index contributed by atoms with van der Waals surface area (Å²) in [6, 6.07) is 22.8. The van der Waals surface area contributed by atoms with E-state index in [-0.39, 0.29) is 0 Å². The highest BCUT2D eigenvalue weighted by Crippen LogP contribution is 2.59. The molecular formula is C24H21B2N. The van der Waals surface area contributed by atoms with Crippen LogP contribution in [0.5, 0.6) is 0 Å². The zero-order chi connectivity index (χ0) is 18.4. The Hall–Kier alpha value is -2.28. The van der Waals surface area contributed by atoms with Gasteiger partial charge >= 0.3 is 0 Å². The van der Waals surface area contributed by atoms with Crippen molar-refractivity contribution in [1.29, 1.82) is 0 Å². The maximum atomic E-state index is 6.60. The number of rotatable bonds is 4. The molecule has 3 aliphatic carbocycles. The molecule has 2 aromatic carbocycles. The van der Waals surface area contributed by atoms with Gasteiger partial charge in [-0.2, -0.15) is 0 Å². The van der Waals surface area contributed by atoms with Gasteiger partial charge < -0.3 is 0 Å². The fourth-order valence-corrected chi connectivity index (χ4v) is 5.16. The van der Waals surface area contributed by atoms with Gasteiger partial charge in [0, 0.05) is 17.3 Å². The topological polar surface area (TPSA) is 12.9 Å². The number of hydrogen-bond acceptors (Lipinski definition) is 1. The molecule has 0 amide bonds. The molecule has 3 heteroatoms. The van der Waals surface area contributed by atoms with E-state index in [1.807, 2.05) is 24.4 Å². The molecule has 1 heterocycles. The first-order chi connectivity index (χ1) is 13.1. The summed E-state index contributed by atoms with van der Waals surface area (Å²) in [6.07, 6.45) is 5.84. The Kier molecular flexibility index (Phi) is 4.00. The van der Waals surface area contributed by atoms with Crippen molar-refractivity contribution >= 4 is 15.7 Å². The number of benzene rings is 2. The Bertz CT molecular complexity index is 918. The van der Waals surface area contributed by atoms with Gasteiger partial charge in [-0.25, -0.2) is 0 Å². The van der Waals surface area contributed by atoms with Gasteiger partial charge in [0.1, 0.15) is 0 Å². The molecule has 2 unspecified atom stereocenters. The van der Waals surface area contributed by atoms with Crippen molar-refractivity contribution in [2.24, 2.45) is 17.8 Å². The lowest BCUT2D eigenvalue weighted by Gasteiger charge is -2.48. The largest absolute Gasteiger partial charge is 0.256 e. The van der Waals surface area contributed by atoms with Crippen molar-refractivity contribution in [3.63, 3.8) is 0 Å². The summed E-state index contributed by atoms with van der Waals surface area (Å²) in [5.74, 6) is 1.88. The lowest BCUT2D eigenvalue weighted by Crippen LogP contribution is -2.47. The van der Waals surface area contributed by atoms with Gasteiger partial charge in [0.2, 0.25) is 0 Å². The highest BCUT2D eigenvalue weighted by Gasteiger charge is 2.52. The normalized spacial score (nSPS) is 23.8. The average Bonchev–Trinajstić information content (AvgIpc) is 3.34. The number of aromatic nitrogens is 1. The van der Waals surface area contributed by atoms with E-state index >= 15 is 0 Å². The zero-order valence-electron chi connectivity index (χ0n) is 15.4. The SMILES string of the molecule is [B]C([B])(c1ccc(-c2ccc(-c3ccccc3)nc2)cc1)C1C2CCC1C2. The molecule has 3 aromatic rings. The van der Waals surface area contributed by atoms with Crippen LogP contribution in [0.1, 0.15) is 24.8 Å². The second kappa shape index (κ2) is 6.41. The van der Waals surface area contributed by atoms with Gasteiger partial charge in [0.15, 0.2) is 0 Å². The second-order valence-electron chi connectivity index (χ2n) is 8.17. The first-order valence-electron chi connectivity index (χ1n) is 9.83. The Morgan fingerprint density at radius 1 is 0.741 bits per heavy atom. The minimum Gasteiger partial charge on any atom is -0.256 e. The van der Waals surface area contributed by atoms with E-state index in [0.29, 0.717) is 5.92 Å². The maximum Gasteiger partial charge on any atom is 0.0702 e. The first-order valence-corrected chi connectivity index (χ1v) is 9.83. The van der Waals surface area contributed by atoms with Crippen LogP contribution in [0.4, 0.5) is 0 Å². The summed E-state index contributed by atoms with van der Waals surface area (Å²) in [6.45, 7) is 0. The van der Waals surface area contributed by atoms with E-state index in [0.717, 1.165) is 39.8 Å². The molecule has 3 fully saturated rings. The van der Waals surface area contributed by atoms with Crippen molar-refractivity contribution in [3.8, 4) is 22.4 Å². The van der Waals surface area contributed by atoms with Gasteiger partial charge in [-0.05, 0) is 48.6 Å². The lowest BCUT2D eigenvalue weighted by molar-refractivity contribution is 0.135. The minimum absolute atomic E-state index is 0.440. The Balaban J connectivity index is 1.37. The molecule has 3 aliphatic rings. The van der Waals surface area contributed by atoms with Gasteiger partial charge in [0.05, 0.1) is 21.4 Å². The van der Waals surface area contributed by atoms with Crippen molar-refractivity contribution in [3.05, 3.63) is 78.5 Å². The van der Waals surface area contributed by atoms with Crippen molar-refractivity contribution < 1.29 is 0 Å². The van der Waals surface area contributed by atoms with Crippen LogP contribution in [-0.2, 0) is 5.21 Å². The van der Waals surface area contributed by atoms with Gasteiger partial charge in [-0.3, -0.25) is 4.98 Å². The number of pyridine rings is 1. The summed E-state index contributed by atoms with van der Waals surface area (Å²) in [7, 11) is 13.2. The van der Waals surface area contributed by atoms with Crippen molar-refractivity contribution in [2.45, 2.75) is 24.5 Å². The van der Waals surface area contributed by atoms with Crippen molar-refractivity contribution in [2.75, 3.05) is 0 Å². The second-order valence-corrected chi connectivity index (χ2v) is 8.17. The van der Waals surface area contributed by atoms with Gasteiger partial charge in [0.25, 0.3) is 0 Å². The van der Waals surface area contributed by atoms with E-state index in [9.17, 15) is 0 Å². The number of hydrogen-bond donors (Lipinski definition) is 0. The van der Waals surface area contributed by atoms with Crippen LogP contribution in [0.25, 0.3) is 22.4 Å². The molecule has 0 saturated heterocycles. The predicted octanol–water partition coefficient (Wildman–Crippen LogP) is 4.95. The Morgan fingerprint density at radius 2 is 1.41 bits per heavy atom. The molecule has 6 rings (SSSR count). The average molecular weight is 345 g/mol. The summed E-state index contributed by atoms with van der Waals surface area (Å²) in [5.41, 5.74) is 5.40. The fraction of sp³-hybridized carbons (Fsp3) is 0.292. The molecule has 27 heavy (non-hydrogen) atoms. The van der Waals surface area contributed by atoms with E-state index < -0.39 is 5.21 Å². The molecular weight excluding hydrogens is 324 g/mol. The van der Waals surface area contributed by atoms with Crippen LogP contribution in [-0.4, -0.2) is 20.7 Å². The van der Waals surface area contributed by atoms with Crippen LogP contribution in [0.15, 0.2) is 72.9 Å². The molecule has 0 spiro atoms. The summed E-state index contributed by atoms with van der Waals surface area (Å²) in [5, 5.41) is -0.710. The summed E-state index contributed by atoms with van der Waals surface area (Å²) in [4.78, 5) is 4.63. The molecule has 3 saturated carbocycles. The highest BCUT2D eigenvalue weighted by molar-refractivity contribution is 6.40. The fourth-order valence-electron chi connectivity index (χ4n) is 5.16. The molecule has 1 nitrogen and oxygen atoms in total. The van der Waals surface area contributed by atoms with E-state index in [1.165, 1.54) is 19.3 Å². The zero-order valence-corrected chi connectivity index (χ0v) is 15.4. The van der Waals surface area contributed by atoms with Crippen LogP contribution in [0.3, 0.4) is 0 Å². The Morgan fingerprint density at radius 3 is 2.00 bits per heavy atom.